The van der Waals surface area contributed by atoms with Crippen LogP contribution in [-0.4, -0.2) is 13.2 Å². The first-order valence-corrected chi connectivity index (χ1v) is 4.90. The molecule has 0 heterocycles. The lowest BCUT2D eigenvalue weighted by Gasteiger charge is -2.31. The molecule has 0 rings (SSSR count). The van der Waals surface area contributed by atoms with Crippen LogP contribution in [0.15, 0.2) is 5.16 Å². The van der Waals surface area contributed by atoms with Crippen LogP contribution in [0.4, 0.5) is 0 Å². The monoisotopic (exact) mass is 183 g/mol. The van der Waals surface area contributed by atoms with Gasteiger partial charge in [0.2, 0.25) is 0 Å². The van der Waals surface area contributed by atoms with Crippen LogP contribution in [0.25, 0.3) is 0 Å². The summed E-state index contributed by atoms with van der Waals surface area (Å²) in [6, 6.07) is 0. The Labute approximate surface area is 83.0 Å². The summed E-state index contributed by atoms with van der Waals surface area (Å²) in [6.45, 7) is 14.9. The second-order valence-corrected chi connectivity index (χ2v) is 5.36. The van der Waals surface area contributed by atoms with Crippen LogP contribution in [0.1, 0.15) is 41.5 Å². The fourth-order valence-corrected chi connectivity index (χ4v) is 1.53. The second-order valence-electron chi connectivity index (χ2n) is 5.36. The maximum absolute atomic E-state index is 5.14. The van der Waals surface area contributed by atoms with Gasteiger partial charge in [0, 0.05) is 10.8 Å². The van der Waals surface area contributed by atoms with Gasteiger partial charge in [-0.25, -0.2) is 0 Å². The zero-order valence-corrected chi connectivity index (χ0v) is 10.1. The highest BCUT2D eigenvalue weighted by Crippen LogP contribution is 2.29. The smallest absolute Gasteiger partial charge is 0.374 e. The molecule has 0 aromatic carbocycles. The summed E-state index contributed by atoms with van der Waals surface area (Å²) in [5.74, 6) is 0. The van der Waals surface area contributed by atoms with Gasteiger partial charge >= 0.3 is 7.48 Å². The average molecular weight is 183 g/mol. The average Bonchev–Trinajstić information content (AvgIpc) is 1.81. The van der Waals surface area contributed by atoms with Crippen LogP contribution < -0.4 is 0 Å². The van der Waals surface area contributed by atoms with E-state index >= 15 is 0 Å². The van der Waals surface area contributed by atoms with Gasteiger partial charge < -0.3 is 4.76 Å². The second kappa shape index (κ2) is 4.16. The largest absolute Gasteiger partial charge is 0.475 e. The third-order valence-corrected chi connectivity index (χ3v) is 1.71. The summed E-state index contributed by atoms with van der Waals surface area (Å²) >= 11 is 0. The third kappa shape index (κ3) is 4.35. The molecule has 0 atom stereocenters. The highest BCUT2D eigenvalue weighted by molar-refractivity contribution is 6.24. The molecule has 0 N–H and O–H groups in total. The predicted octanol–water partition coefficient (Wildman–Crippen LogP) is 2.85. The van der Waals surface area contributed by atoms with E-state index < -0.39 is 0 Å². The van der Waals surface area contributed by atoms with E-state index in [1.807, 2.05) is 6.82 Å². The lowest BCUT2D eigenvalue weighted by atomic mass is 9.75. The van der Waals surface area contributed by atoms with Crippen molar-refractivity contribution in [2.24, 2.45) is 16.0 Å². The molecule has 0 radical (unpaired) electrons. The fraction of sp³-hybridized carbons (Fsp3) is 0.900. The summed E-state index contributed by atoms with van der Waals surface area (Å²) in [5, 5.41) is 4.20. The van der Waals surface area contributed by atoms with Crippen LogP contribution in [0.3, 0.4) is 0 Å². The number of oxime groups is 1. The standard InChI is InChI=1S/C10H22BNO/c1-9(2,3)8(10(4,5)6)12-13-11-7/h11H,1-7H3. The van der Waals surface area contributed by atoms with Crippen molar-refractivity contribution >= 4 is 13.2 Å². The molecule has 0 aromatic heterocycles. The molecular formula is C10H22BNO. The molecule has 2 nitrogen and oxygen atoms in total. The van der Waals surface area contributed by atoms with Gasteiger partial charge in [-0.2, -0.15) is 0 Å². The molecule has 0 aromatic rings. The highest BCUT2D eigenvalue weighted by atomic mass is 16.6. The summed E-state index contributed by atoms with van der Waals surface area (Å²) < 4.78 is 5.14. The van der Waals surface area contributed by atoms with Crippen molar-refractivity contribution in [1.82, 2.24) is 0 Å². The lowest BCUT2D eigenvalue weighted by Crippen LogP contribution is -2.33. The number of hydrogen-bond donors (Lipinski definition) is 0. The summed E-state index contributed by atoms with van der Waals surface area (Å²) in [7, 11) is 0.635. The quantitative estimate of drug-likeness (QED) is 0.366. The molecule has 0 saturated heterocycles. The minimum Gasteiger partial charge on any atom is -0.475 e. The molecule has 0 bridgehead atoms. The summed E-state index contributed by atoms with van der Waals surface area (Å²) in [6.07, 6.45) is 0. The molecule has 0 saturated carbocycles. The SMILES string of the molecule is CBON=C(C(C)(C)C)C(C)(C)C. The molecule has 0 aliphatic rings. The van der Waals surface area contributed by atoms with E-state index in [2.05, 4.69) is 46.7 Å². The molecule has 0 aliphatic heterocycles. The Kier molecular flexibility index (Phi) is 4.01. The van der Waals surface area contributed by atoms with Crippen molar-refractivity contribution in [1.29, 1.82) is 0 Å². The minimum atomic E-state index is 0.0768. The Hall–Kier alpha value is -0.465. The van der Waals surface area contributed by atoms with Crippen molar-refractivity contribution in [3.05, 3.63) is 0 Å². The van der Waals surface area contributed by atoms with Gasteiger partial charge in [-0.3, -0.25) is 0 Å². The van der Waals surface area contributed by atoms with Crippen molar-refractivity contribution in [2.75, 3.05) is 0 Å². The van der Waals surface area contributed by atoms with E-state index in [1.54, 1.807) is 0 Å². The van der Waals surface area contributed by atoms with Gasteiger partial charge in [-0.15, -0.1) is 5.16 Å². The van der Waals surface area contributed by atoms with Gasteiger partial charge in [0.1, 0.15) is 0 Å². The topological polar surface area (TPSA) is 21.6 Å². The van der Waals surface area contributed by atoms with Crippen molar-refractivity contribution in [3.63, 3.8) is 0 Å². The molecule has 0 amide bonds. The zero-order valence-electron chi connectivity index (χ0n) is 10.1. The molecule has 3 heteroatoms. The van der Waals surface area contributed by atoms with E-state index in [-0.39, 0.29) is 10.8 Å². The third-order valence-electron chi connectivity index (χ3n) is 1.71. The number of nitrogens with zero attached hydrogens (tertiary/aromatic N) is 1. The maximum atomic E-state index is 5.14. The first kappa shape index (κ1) is 12.5. The van der Waals surface area contributed by atoms with Gasteiger partial charge in [0.25, 0.3) is 0 Å². The van der Waals surface area contributed by atoms with E-state index in [0.717, 1.165) is 5.71 Å². The van der Waals surface area contributed by atoms with Gasteiger partial charge in [0.05, 0.1) is 5.71 Å². The molecule has 76 valence electrons. The number of rotatable bonds is 2. The molecule has 0 aliphatic carbocycles. The Bertz CT molecular complexity index is 170. The summed E-state index contributed by atoms with van der Waals surface area (Å²) in [5.41, 5.74) is 1.27. The zero-order chi connectivity index (χ0) is 10.7. The van der Waals surface area contributed by atoms with E-state index in [1.165, 1.54) is 0 Å². The molecule has 13 heavy (non-hydrogen) atoms. The molecule has 0 spiro atoms. The van der Waals surface area contributed by atoms with Crippen LogP contribution in [0, 0.1) is 10.8 Å². The van der Waals surface area contributed by atoms with Gasteiger partial charge in [-0.05, 0) is 6.82 Å². The predicted molar refractivity (Wildman–Crippen MR) is 60.4 cm³/mol. The molecule has 0 unspecified atom stereocenters. The Morgan fingerprint density at radius 2 is 1.38 bits per heavy atom. The Morgan fingerprint density at radius 1 is 1.00 bits per heavy atom. The Morgan fingerprint density at radius 3 is 1.62 bits per heavy atom. The first-order valence-electron chi connectivity index (χ1n) is 4.90. The minimum absolute atomic E-state index is 0.0768. The van der Waals surface area contributed by atoms with Gasteiger partial charge in [0.15, 0.2) is 0 Å². The Balaban J connectivity index is 4.78. The van der Waals surface area contributed by atoms with E-state index in [4.69, 9.17) is 4.76 Å². The normalized spacial score (nSPS) is 12.2. The van der Waals surface area contributed by atoms with Crippen LogP contribution in [-0.2, 0) is 4.76 Å². The number of hydrogen-bond acceptors (Lipinski definition) is 2. The summed E-state index contributed by atoms with van der Waals surface area (Å²) in [4.78, 5) is 0. The van der Waals surface area contributed by atoms with Crippen molar-refractivity contribution in [2.45, 2.75) is 48.4 Å². The fourth-order valence-electron chi connectivity index (χ4n) is 1.53. The van der Waals surface area contributed by atoms with Crippen molar-refractivity contribution in [3.8, 4) is 0 Å². The highest BCUT2D eigenvalue weighted by Gasteiger charge is 2.30. The van der Waals surface area contributed by atoms with Gasteiger partial charge in [-0.1, -0.05) is 41.5 Å². The van der Waals surface area contributed by atoms with Crippen LogP contribution >= 0.6 is 0 Å². The van der Waals surface area contributed by atoms with Crippen LogP contribution in [0.5, 0.6) is 0 Å². The van der Waals surface area contributed by atoms with E-state index in [9.17, 15) is 0 Å². The molecule has 0 fully saturated rings. The van der Waals surface area contributed by atoms with E-state index in [0.29, 0.717) is 7.48 Å². The maximum Gasteiger partial charge on any atom is 0.374 e. The lowest BCUT2D eigenvalue weighted by molar-refractivity contribution is 0.337. The molecular weight excluding hydrogens is 161 g/mol. The van der Waals surface area contributed by atoms with Crippen molar-refractivity contribution < 1.29 is 4.76 Å². The van der Waals surface area contributed by atoms with Crippen LogP contribution in [0.2, 0.25) is 6.82 Å². The first-order chi connectivity index (χ1) is 5.69.